The fourth-order valence-corrected chi connectivity index (χ4v) is 3.02. The number of nitrogens with zero attached hydrogens (tertiary/aromatic N) is 2. The number of rotatable bonds is 15. The molecule has 0 aromatic rings. The molecule has 1 unspecified atom stereocenters. The number of allylic oxidation sites excluding steroid dienone is 7. The molecule has 0 radical (unpaired) electrons. The summed E-state index contributed by atoms with van der Waals surface area (Å²) in [5.41, 5.74) is 2.78. The molecule has 2 atom stereocenters. The van der Waals surface area contributed by atoms with Gasteiger partial charge in [0, 0.05) is 12.3 Å². The maximum atomic E-state index is 5.92. The Bertz CT molecular complexity index is 653. The maximum absolute atomic E-state index is 5.92. The molecule has 0 heterocycles. The Balaban J connectivity index is 5.31. The lowest BCUT2D eigenvalue weighted by Gasteiger charge is -2.16. The second kappa shape index (κ2) is 18.8. The summed E-state index contributed by atoms with van der Waals surface area (Å²) in [4.78, 5) is 9.34. The summed E-state index contributed by atoms with van der Waals surface area (Å²) in [5, 5.41) is 3.08. The zero-order valence-electron chi connectivity index (χ0n) is 21.4. The Morgan fingerprint density at radius 1 is 1.06 bits per heavy atom. The quantitative estimate of drug-likeness (QED) is 0.0968. The van der Waals surface area contributed by atoms with E-state index in [1.54, 1.807) is 0 Å². The minimum Gasteiger partial charge on any atom is -0.458 e. The SMILES string of the molecule is C\C=C/C(=C\C=C\[C@@H](C)CCCCCCC)C(/C)=N/C(=C/C)C(=N\CC)/OC(C)NC. The molecule has 0 saturated heterocycles. The fourth-order valence-electron chi connectivity index (χ4n) is 3.02. The van der Waals surface area contributed by atoms with Crippen LogP contribution in [0.25, 0.3) is 0 Å². The first-order valence-corrected chi connectivity index (χ1v) is 12.0. The summed E-state index contributed by atoms with van der Waals surface area (Å²) >= 11 is 0. The summed E-state index contributed by atoms with van der Waals surface area (Å²) in [7, 11) is 1.86. The van der Waals surface area contributed by atoms with Gasteiger partial charge in [-0.2, -0.15) is 0 Å². The Morgan fingerprint density at radius 2 is 1.77 bits per heavy atom. The van der Waals surface area contributed by atoms with Gasteiger partial charge in [0.25, 0.3) is 0 Å². The molecule has 0 aromatic heterocycles. The lowest BCUT2D eigenvalue weighted by Crippen LogP contribution is -2.28. The van der Waals surface area contributed by atoms with E-state index in [2.05, 4.69) is 48.5 Å². The van der Waals surface area contributed by atoms with Crippen LogP contribution >= 0.6 is 0 Å². The topological polar surface area (TPSA) is 46.0 Å². The summed E-state index contributed by atoms with van der Waals surface area (Å²) < 4.78 is 5.92. The molecule has 4 nitrogen and oxygen atoms in total. The second-order valence-electron chi connectivity index (χ2n) is 7.89. The lowest BCUT2D eigenvalue weighted by atomic mass is 10.0. The molecule has 0 fully saturated rings. The molecular formula is C27H47N3O. The average Bonchev–Trinajstić information content (AvgIpc) is 2.76. The van der Waals surface area contributed by atoms with Crippen molar-refractivity contribution in [2.75, 3.05) is 13.6 Å². The van der Waals surface area contributed by atoms with Crippen molar-refractivity contribution >= 4 is 11.6 Å². The Morgan fingerprint density at radius 3 is 2.35 bits per heavy atom. The zero-order chi connectivity index (χ0) is 23.5. The van der Waals surface area contributed by atoms with Crippen molar-refractivity contribution in [1.29, 1.82) is 0 Å². The van der Waals surface area contributed by atoms with Crippen LogP contribution in [-0.2, 0) is 4.74 Å². The van der Waals surface area contributed by atoms with Gasteiger partial charge in [-0.1, -0.05) is 82.4 Å². The third kappa shape index (κ3) is 13.9. The van der Waals surface area contributed by atoms with E-state index < -0.39 is 0 Å². The first-order valence-electron chi connectivity index (χ1n) is 12.0. The number of nitrogens with one attached hydrogen (secondary N) is 1. The summed E-state index contributed by atoms with van der Waals surface area (Å²) in [6, 6.07) is 0. The van der Waals surface area contributed by atoms with E-state index in [-0.39, 0.29) is 6.23 Å². The molecule has 0 aliphatic carbocycles. The molecule has 0 saturated carbocycles. The number of aliphatic imine (C=N–C) groups is 2. The van der Waals surface area contributed by atoms with Crippen molar-refractivity contribution in [2.24, 2.45) is 15.9 Å². The van der Waals surface area contributed by atoms with Gasteiger partial charge in [0.15, 0.2) is 0 Å². The van der Waals surface area contributed by atoms with E-state index >= 15 is 0 Å². The van der Waals surface area contributed by atoms with Crippen LogP contribution in [0.3, 0.4) is 0 Å². The molecule has 1 N–H and O–H groups in total. The van der Waals surface area contributed by atoms with Crippen molar-refractivity contribution in [3.63, 3.8) is 0 Å². The van der Waals surface area contributed by atoms with Crippen LogP contribution in [0.15, 0.2) is 57.7 Å². The lowest BCUT2D eigenvalue weighted by molar-refractivity contribution is 0.180. The van der Waals surface area contributed by atoms with Gasteiger partial charge in [-0.3, -0.25) is 10.3 Å². The van der Waals surface area contributed by atoms with Crippen molar-refractivity contribution in [3.8, 4) is 0 Å². The molecule has 31 heavy (non-hydrogen) atoms. The van der Waals surface area contributed by atoms with Crippen LogP contribution in [0.2, 0.25) is 0 Å². The molecule has 0 amide bonds. The van der Waals surface area contributed by atoms with Gasteiger partial charge in [-0.05, 0) is 59.6 Å². The van der Waals surface area contributed by atoms with Gasteiger partial charge >= 0.3 is 0 Å². The molecule has 0 aromatic carbocycles. The normalized spacial score (nSPS) is 16.4. The van der Waals surface area contributed by atoms with E-state index in [1.807, 2.05) is 53.8 Å². The molecule has 4 heteroatoms. The van der Waals surface area contributed by atoms with E-state index in [0.29, 0.717) is 18.4 Å². The fraction of sp³-hybridized carbons (Fsp3) is 0.630. The number of ether oxygens (including phenoxy) is 1. The van der Waals surface area contributed by atoms with Crippen LogP contribution in [0, 0.1) is 5.92 Å². The van der Waals surface area contributed by atoms with Gasteiger partial charge in [0.05, 0.1) is 0 Å². The number of hydrogen-bond donors (Lipinski definition) is 1. The molecule has 0 aliphatic heterocycles. The number of unbranched alkanes of at least 4 members (excludes halogenated alkanes) is 4. The van der Waals surface area contributed by atoms with Crippen LogP contribution in [0.4, 0.5) is 0 Å². The first-order chi connectivity index (χ1) is 14.9. The Kier molecular flexibility index (Phi) is 17.6. The van der Waals surface area contributed by atoms with E-state index in [1.165, 1.54) is 38.5 Å². The monoisotopic (exact) mass is 429 g/mol. The molecule has 176 valence electrons. The maximum Gasteiger partial charge on any atom is 0.236 e. The summed E-state index contributed by atoms with van der Waals surface area (Å²) in [5.74, 6) is 1.16. The largest absolute Gasteiger partial charge is 0.458 e. The second-order valence-corrected chi connectivity index (χ2v) is 7.89. The predicted octanol–water partition coefficient (Wildman–Crippen LogP) is 7.41. The zero-order valence-corrected chi connectivity index (χ0v) is 21.4. The molecule has 0 bridgehead atoms. The molecule has 0 spiro atoms. The third-order valence-corrected chi connectivity index (χ3v) is 5.02. The highest BCUT2D eigenvalue weighted by atomic mass is 16.5. The Hall–Kier alpha value is -1.94. The third-order valence-electron chi connectivity index (χ3n) is 5.02. The molecular weight excluding hydrogens is 382 g/mol. The van der Waals surface area contributed by atoms with Gasteiger partial charge < -0.3 is 4.74 Å². The average molecular weight is 430 g/mol. The van der Waals surface area contributed by atoms with Crippen molar-refractivity contribution in [3.05, 3.63) is 47.7 Å². The minimum absolute atomic E-state index is 0.132. The van der Waals surface area contributed by atoms with Crippen LogP contribution in [0.1, 0.15) is 87.0 Å². The highest BCUT2D eigenvalue weighted by Crippen LogP contribution is 2.14. The predicted molar refractivity (Wildman–Crippen MR) is 139 cm³/mol. The van der Waals surface area contributed by atoms with Gasteiger partial charge in [-0.25, -0.2) is 4.99 Å². The van der Waals surface area contributed by atoms with Crippen LogP contribution < -0.4 is 5.32 Å². The van der Waals surface area contributed by atoms with Crippen LogP contribution in [0.5, 0.6) is 0 Å². The standard InChI is InChI=1S/C27H47N3O/c1-9-13-14-15-16-19-22(5)20-17-21-25(18-10-2)23(6)30-26(11-3)27(29-12-4)31-24(7)28-8/h10-11,17-18,20-22,24,28H,9,12-16,19H2,1-8H3/b18-10-,20-17+,25-21+,26-11+,29-27+,30-23+/t22-,24?/m0/s1. The van der Waals surface area contributed by atoms with Gasteiger partial charge in [0.2, 0.25) is 5.90 Å². The summed E-state index contributed by atoms with van der Waals surface area (Å²) in [6.45, 7) is 15.2. The molecule has 0 rings (SSSR count). The van der Waals surface area contributed by atoms with Crippen LogP contribution in [-0.4, -0.2) is 31.4 Å². The van der Waals surface area contributed by atoms with Crippen molar-refractivity contribution in [1.82, 2.24) is 5.32 Å². The highest BCUT2D eigenvalue weighted by molar-refractivity contribution is 6.05. The smallest absolute Gasteiger partial charge is 0.236 e. The first kappa shape index (κ1) is 29.1. The Labute approximate surface area is 192 Å². The highest BCUT2D eigenvalue weighted by Gasteiger charge is 2.11. The summed E-state index contributed by atoms with van der Waals surface area (Å²) in [6.07, 6.45) is 20.5. The van der Waals surface area contributed by atoms with Crippen molar-refractivity contribution in [2.45, 2.75) is 93.2 Å². The van der Waals surface area contributed by atoms with Gasteiger partial charge in [0.1, 0.15) is 11.9 Å². The van der Waals surface area contributed by atoms with E-state index in [9.17, 15) is 0 Å². The van der Waals surface area contributed by atoms with Gasteiger partial charge in [-0.15, -0.1) is 0 Å². The number of hydrogen-bond acceptors (Lipinski definition) is 4. The van der Waals surface area contributed by atoms with E-state index in [4.69, 9.17) is 9.73 Å². The van der Waals surface area contributed by atoms with E-state index in [0.717, 1.165) is 17.0 Å². The molecule has 0 aliphatic rings. The van der Waals surface area contributed by atoms with Crippen molar-refractivity contribution < 1.29 is 4.74 Å². The minimum atomic E-state index is -0.132.